The summed E-state index contributed by atoms with van der Waals surface area (Å²) in [7, 11) is 0. The van der Waals surface area contributed by atoms with Gasteiger partial charge in [-0.15, -0.1) is 0 Å². The molecule has 1 aromatic carbocycles. The van der Waals surface area contributed by atoms with Crippen LogP contribution in [0.5, 0.6) is 0 Å². The Kier molecular flexibility index (Phi) is 6.07. The van der Waals surface area contributed by atoms with Crippen molar-refractivity contribution in [3.8, 4) is 11.4 Å². The molecule has 4 rings (SSSR count). The largest absolute Gasteiger partial charge is 0.416 e. The predicted octanol–water partition coefficient (Wildman–Crippen LogP) is 3.27. The average Bonchev–Trinajstić information content (AvgIpc) is 3.28. The first-order valence-electron chi connectivity index (χ1n) is 10.4. The maximum Gasteiger partial charge on any atom is 0.416 e. The molecule has 8 nitrogen and oxygen atoms in total. The summed E-state index contributed by atoms with van der Waals surface area (Å²) in [6.45, 7) is 5.43. The van der Waals surface area contributed by atoms with Crippen LogP contribution in [0, 0.1) is 6.92 Å². The molecule has 0 radical (unpaired) electrons. The number of aromatic amines is 1. The number of nitrogens with one attached hydrogen (secondary N) is 1. The van der Waals surface area contributed by atoms with Crippen LogP contribution in [0.3, 0.4) is 0 Å². The van der Waals surface area contributed by atoms with E-state index in [4.69, 9.17) is 4.52 Å². The minimum absolute atomic E-state index is 0.0790. The van der Waals surface area contributed by atoms with E-state index in [1.807, 2.05) is 11.8 Å². The quantitative estimate of drug-likeness (QED) is 0.641. The summed E-state index contributed by atoms with van der Waals surface area (Å²) in [4.78, 5) is 35.3. The van der Waals surface area contributed by atoms with E-state index in [1.54, 1.807) is 17.9 Å². The molecule has 1 aliphatic heterocycles. The molecule has 174 valence electrons. The van der Waals surface area contributed by atoms with Crippen LogP contribution < -0.4 is 5.56 Å². The summed E-state index contributed by atoms with van der Waals surface area (Å²) in [5, 5.41) is 3.84. The minimum atomic E-state index is -4.46. The Morgan fingerprint density at radius 1 is 1.15 bits per heavy atom. The summed E-state index contributed by atoms with van der Waals surface area (Å²) in [5.74, 6) is 0.0284. The number of benzene rings is 1. The molecule has 1 N–H and O–H groups in total. The lowest BCUT2D eigenvalue weighted by atomic mass is 10.1. The van der Waals surface area contributed by atoms with Crippen LogP contribution in [-0.2, 0) is 6.18 Å². The van der Waals surface area contributed by atoms with Crippen LogP contribution in [0.4, 0.5) is 13.2 Å². The number of amides is 1. The van der Waals surface area contributed by atoms with Crippen LogP contribution in [0.1, 0.15) is 40.5 Å². The van der Waals surface area contributed by atoms with E-state index in [9.17, 15) is 22.8 Å². The first kappa shape index (κ1) is 22.7. The normalized spacial score (nSPS) is 16.1. The highest BCUT2D eigenvalue weighted by Gasteiger charge is 2.32. The molecule has 0 bridgehead atoms. The lowest BCUT2D eigenvalue weighted by molar-refractivity contribution is -0.137. The van der Waals surface area contributed by atoms with Crippen molar-refractivity contribution in [2.75, 3.05) is 26.2 Å². The molecule has 0 aliphatic carbocycles. The van der Waals surface area contributed by atoms with Gasteiger partial charge < -0.3 is 14.4 Å². The van der Waals surface area contributed by atoms with Gasteiger partial charge in [-0.25, -0.2) is 0 Å². The van der Waals surface area contributed by atoms with Gasteiger partial charge in [0.25, 0.3) is 11.5 Å². The molecule has 3 heterocycles. The van der Waals surface area contributed by atoms with Crippen molar-refractivity contribution < 1.29 is 22.5 Å². The number of nitrogens with zero attached hydrogens (tertiary/aromatic N) is 4. The first-order valence-corrected chi connectivity index (χ1v) is 10.4. The number of hydrogen-bond donors (Lipinski definition) is 1. The van der Waals surface area contributed by atoms with Crippen LogP contribution in [0.2, 0.25) is 0 Å². The van der Waals surface area contributed by atoms with Crippen molar-refractivity contribution in [3.05, 3.63) is 69.5 Å². The number of carbonyl (C=O) groups is 1. The highest BCUT2D eigenvalue weighted by atomic mass is 19.4. The van der Waals surface area contributed by atoms with Gasteiger partial charge >= 0.3 is 6.18 Å². The Morgan fingerprint density at radius 3 is 2.55 bits per heavy atom. The van der Waals surface area contributed by atoms with Crippen LogP contribution in [0.15, 0.2) is 45.7 Å². The number of pyridine rings is 1. The lowest BCUT2D eigenvalue weighted by Gasteiger charge is -2.36. The SMILES string of the molecule is Cc1ccc(C(=O)N2CCN(C(C)c3nc(-c4cccc(C(F)(F)F)c4)no3)CC2)c(=O)[nH]1. The number of H-pyrrole nitrogens is 1. The fourth-order valence-corrected chi connectivity index (χ4v) is 3.74. The maximum absolute atomic E-state index is 13.0. The standard InChI is InChI=1S/C22H22F3N5O3/c1-13-6-7-17(19(31)26-13)21(32)30-10-8-29(9-11-30)14(2)20-27-18(28-33-20)15-4-3-5-16(12-15)22(23,24)25/h3-7,12,14H,8-11H2,1-2H3,(H,26,31). The number of rotatable bonds is 4. The second-order valence-electron chi connectivity index (χ2n) is 7.92. The monoisotopic (exact) mass is 461 g/mol. The number of halogens is 3. The van der Waals surface area contributed by atoms with Gasteiger partial charge in [0.1, 0.15) is 5.56 Å². The summed E-state index contributed by atoms with van der Waals surface area (Å²) in [6.07, 6.45) is -4.46. The third kappa shape index (κ3) is 4.82. The van der Waals surface area contributed by atoms with Gasteiger partial charge in [0.05, 0.1) is 11.6 Å². The van der Waals surface area contributed by atoms with Gasteiger partial charge in [0, 0.05) is 37.4 Å². The number of alkyl halides is 3. The summed E-state index contributed by atoms with van der Waals surface area (Å²) in [5.41, 5.74) is -0.203. The Bertz CT molecular complexity index is 1210. The van der Waals surface area contributed by atoms with Gasteiger partial charge in [-0.1, -0.05) is 17.3 Å². The molecule has 11 heteroatoms. The molecule has 1 amide bonds. The summed E-state index contributed by atoms with van der Waals surface area (Å²) >= 11 is 0. The van der Waals surface area contributed by atoms with Crippen molar-refractivity contribution in [1.82, 2.24) is 24.9 Å². The van der Waals surface area contributed by atoms with Crippen LogP contribution in [0.25, 0.3) is 11.4 Å². The van der Waals surface area contributed by atoms with Gasteiger partial charge in [0.2, 0.25) is 11.7 Å². The van der Waals surface area contributed by atoms with Gasteiger partial charge in [0.15, 0.2) is 0 Å². The molecule has 1 unspecified atom stereocenters. The zero-order chi connectivity index (χ0) is 23.8. The van der Waals surface area contributed by atoms with Crippen molar-refractivity contribution in [2.24, 2.45) is 0 Å². The molecule has 1 atom stereocenters. The van der Waals surface area contributed by atoms with Gasteiger partial charge in [-0.3, -0.25) is 14.5 Å². The first-order chi connectivity index (χ1) is 15.6. The summed E-state index contributed by atoms with van der Waals surface area (Å²) in [6, 6.07) is 7.68. The minimum Gasteiger partial charge on any atom is -0.337 e. The number of carbonyl (C=O) groups excluding carboxylic acids is 1. The van der Waals surface area contributed by atoms with E-state index < -0.39 is 17.3 Å². The van der Waals surface area contributed by atoms with E-state index >= 15 is 0 Å². The highest BCUT2D eigenvalue weighted by Crippen LogP contribution is 2.32. The Balaban J connectivity index is 1.42. The van der Waals surface area contributed by atoms with E-state index in [0.717, 1.165) is 12.1 Å². The highest BCUT2D eigenvalue weighted by molar-refractivity contribution is 5.93. The van der Waals surface area contributed by atoms with Gasteiger partial charge in [-0.05, 0) is 38.1 Å². The second-order valence-corrected chi connectivity index (χ2v) is 7.92. The summed E-state index contributed by atoms with van der Waals surface area (Å²) < 4.78 is 44.3. The van der Waals surface area contributed by atoms with E-state index in [2.05, 4.69) is 15.1 Å². The third-order valence-corrected chi connectivity index (χ3v) is 5.68. The zero-order valence-corrected chi connectivity index (χ0v) is 18.0. The smallest absolute Gasteiger partial charge is 0.337 e. The Labute approximate surface area is 187 Å². The molecular weight excluding hydrogens is 439 g/mol. The van der Waals surface area contributed by atoms with Crippen molar-refractivity contribution in [3.63, 3.8) is 0 Å². The molecule has 3 aromatic rings. The van der Waals surface area contributed by atoms with E-state index in [0.29, 0.717) is 31.9 Å². The van der Waals surface area contributed by atoms with Crippen molar-refractivity contribution in [2.45, 2.75) is 26.1 Å². The molecule has 0 saturated carbocycles. The fourth-order valence-electron chi connectivity index (χ4n) is 3.74. The molecule has 0 spiro atoms. The predicted molar refractivity (Wildman–Crippen MR) is 112 cm³/mol. The molecule has 1 fully saturated rings. The molecular formula is C22H22F3N5O3. The second kappa shape index (κ2) is 8.81. The number of piperazine rings is 1. The van der Waals surface area contributed by atoms with E-state index in [-0.39, 0.29) is 34.8 Å². The molecule has 1 aliphatic rings. The molecule has 2 aromatic heterocycles. The lowest BCUT2D eigenvalue weighted by Crippen LogP contribution is -2.50. The topological polar surface area (TPSA) is 95.3 Å². The van der Waals surface area contributed by atoms with E-state index in [1.165, 1.54) is 18.2 Å². The van der Waals surface area contributed by atoms with Crippen LogP contribution >= 0.6 is 0 Å². The Hall–Kier alpha value is -3.47. The van der Waals surface area contributed by atoms with Gasteiger partial charge in [-0.2, -0.15) is 18.2 Å². The van der Waals surface area contributed by atoms with Crippen molar-refractivity contribution in [1.29, 1.82) is 0 Å². The number of aromatic nitrogens is 3. The average molecular weight is 461 g/mol. The number of aryl methyl sites for hydroxylation is 1. The fraction of sp³-hybridized carbons (Fsp3) is 0.364. The number of hydrogen-bond acceptors (Lipinski definition) is 6. The van der Waals surface area contributed by atoms with Crippen LogP contribution in [-0.4, -0.2) is 57.0 Å². The molecule has 33 heavy (non-hydrogen) atoms. The molecule has 1 saturated heterocycles. The third-order valence-electron chi connectivity index (χ3n) is 5.68. The zero-order valence-electron chi connectivity index (χ0n) is 18.0. The maximum atomic E-state index is 13.0. The van der Waals surface area contributed by atoms with Crippen molar-refractivity contribution >= 4 is 5.91 Å². The Morgan fingerprint density at radius 2 is 1.88 bits per heavy atom.